The summed E-state index contributed by atoms with van der Waals surface area (Å²) in [5.41, 5.74) is 0.243. The fraction of sp³-hybridized carbons (Fsp3) is 0.450. The fourth-order valence-electron chi connectivity index (χ4n) is 5.05. The Bertz CT molecular complexity index is 1010. The Balaban J connectivity index is 0.00000289. The summed E-state index contributed by atoms with van der Waals surface area (Å²) in [6.07, 6.45) is 0.885. The van der Waals surface area contributed by atoms with Crippen LogP contribution in [0, 0.1) is 22.0 Å². The molecule has 3 aliphatic rings. The number of aliphatic hydroxyl groups is 1. The van der Waals surface area contributed by atoms with E-state index in [2.05, 4.69) is 10.6 Å². The van der Waals surface area contributed by atoms with Crippen LogP contribution in [-0.2, 0) is 9.59 Å². The van der Waals surface area contributed by atoms with E-state index in [0.717, 1.165) is 0 Å². The molecule has 2 heterocycles. The van der Waals surface area contributed by atoms with Crippen LogP contribution in [0.15, 0.2) is 35.5 Å². The Labute approximate surface area is 205 Å². The third kappa shape index (κ3) is 4.01. The number of carbonyl (C=O) groups is 3. The number of benzene rings is 1. The van der Waals surface area contributed by atoms with Gasteiger partial charge in [-0.05, 0) is 31.4 Å². The monoisotopic (exact) mass is 452 g/mol. The number of aliphatic carboxylic acids is 1. The molecule has 5 atom stereocenters. The van der Waals surface area contributed by atoms with Crippen molar-refractivity contribution in [2.45, 2.75) is 44.4 Å². The van der Waals surface area contributed by atoms with E-state index >= 15 is 0 Å². The van der Waals surface area contributed by atoms with E-state index in [4.69, 9.17) is 0 Å². The van der Waals surface area contributed by atoms with Crippen LogP contribution in [0.1, 0.15) is 26.2 Å². The van der Waals surface area contributed by atoms with Crippen LogP contribution in [0.4, 0.5) is 16.2 Å². The normalized spacial score (nSPS) is 26.8. The van der Waals surface area contributed by atoms with Gasteiger partial charge in [-0.15, -0.1) is 0 Å². The van der Waals surface area contributed by atoms with Crippen LogP contribution < -0.4 is 45.3 Å². The van der Waals surface area contributed by atoms with Crippen molar-refractivity contribution in [2.75, 3.05) is 5.32 Å². The summed E-state index contributed by atoms with van der Waals surface area (Å²) in [5, 5.41) is 38.0. The number of carboxylic acids is 1. The second-order valence-corrected chi connectivity index (χ2v) is 8.05. The molecule has 1 saturated carbocycles. The second kappa shape index (κ2) is 9.18. The maximum atomic E-state index is 12.5. The van der Waals surface area contributed by atoms with Crippen LogP contribution in [0.25, 0.3) is 0 Å². The number of urea groups is 1. The number of rotatable bonds is 5. The molecule has 1 aromatic rings. The van der Waals surface area contributed by atoms with E-state index in [1.54, 1.807) is 0 Å². The standard InChI is InChI=1S/C20H22N4O7.Na/c1-9(25)14-16-12-6-3-7-13(15(12)17(19(27)28)23(16)18(14)26)22-20(29)21-10-4-2-5-11(8-10)24(30)31;/h2,4-5,8-9,12-14,16,25H,3,6-7H2,1H3,(H,27,28)(H2,21,22,29);/q;+1/p-1/t9?,12-,13-,14+,16+;/m0./s1. The Morgan fingerprint density at radius 2 is 2.03 bits per heavy atom. The molecule has 1 aromatic carbocycles. The van der Waals surface area contributed by atoms with Gasteiger partial charge in [0.05, 0.1) is 40.7 Å². The molecule has 3 N–H and O–H groups in total. The average Bonchev–Trinajstić information content (AvgIpc) is 2.99. The summed E-state index contributed by atoms with van der Waals surface area (Å²) < 4.78 is 0. The van der Waals surface area contributed by atoms with E-state index in [1.807, 2.05) is 0 Å². The minimum absolute atomic E-state index is 0. The number of nitro groups is 1. The van der Waals surface area contributed by atoms with Crippen LogP contribution in [-0.4, -0.2) is 51.0 Å². The molecule has 0 spiro atoms. The molecule has 3 amide bonds. The molecule has 4 rings (SSSR count). The summed E-state index contributed by atoms with van der Waals surface area (Å²) in [6, 6.07) is 3.69. The average molecular weight is 452 g/mol. The SMILES string of the molecule is CC(O)[C@H]1C(=O)N2C(C(=O)[O-])=C3[C@@H](NC(=O)Nc4cccc([N+](=O)[O-])c4)CCC[C@@H]3[C@H]12.[Na+]. The van der Waals surface area contributed by atoms with E-state index in [0.29, 0.717) is 24.8 Å². The Morgan fingerprint density at radius 3 is 2.66 bits per heavy atom. The van der Waals surface area contributed by atoms with Gasteiger partial charge in [0.2, 0.25) is 5.91 Å². The van der Waals surface area contributed by atoms with Crippen LogP contribution in [0.2, 0.25) is 0 Å². The number of nitro benzene ring substituents is 1. The van der Waals surface area contributed by atoms with Crippen LogP contribution in [0.3, 0.4) is 0 Å². The molecule has 32 heavy (non-hydrogen) atoms. The number of carboxylic acid groups (broad SMARTS) is 1. The van der Waals surface area contributed by atoms with Gasteiger partial charge in [0, 0.05) is 23.7 Å². The van der Waals surface area contributed by atoms with E-state index in [-0.39, 0.29) is 52.5 Å². The van der Waals surface area contributed by atoms with Crippen LogP contribution >= 0.6 is 0 Å². The van der Waals surface area contributed by atoms with Crippen molar-refractivity contribution >= 4 is 29.3 Å². The molecular weight excluding hydrogens is 431 g/mol. The third-order valence-corrected chi connectivity index (χ3v) is 6.23. The third-order valence-electron chi connectivity index (χ3n) is 6.23. The van der Waals surface area contributed by atoms with Gasteiger partial charge in [-0.1, -0.05) is 12.5 Å². The van der Waals surface area contributed by atoms with E-state index in [9.17, 15) is 34.7 Å². The van der Waals surface area contributed by atoms with Gasteiger partial charge in [0.15, 0.2) is 0 Å². The number of nitrogens with zero attached hydrogens (tertiary/aromatic N) is 2. The summed E-state index contributed by atoms with van der Waals surface area (Å²) in [7, 11) is 0. The van der Waals surface area contributed by atoms with Gasteiger partial charge < -0.3 is 30.5 Å². The molecule has 0 bridgehead atoms. The number of nitrogens with one attached hydrogen (secondary N) is 2. The zero-order valence-corrected chi connectivity index (χ0v) is 19.6. The van der Waals surface area contributed by atoms with Gasteiger partial charge in [-0.2, -0.15) is 0 Å². The first-order valence-electron chi connectivity index (χ1n) is 9.99. The van der Waals surface area contributed by atoms with Crippen molar-refractivity contribution in [3.8, 4) is 0 Å². The van der Waals surface area contributed by atoms with Crippen molar-refractivity contribution in [3.05, 3.63) is 45.6 Å². The molecule has 1 aliphatic carbocycles. The number of aliphatic hydroxyl groups excluding tert-OH is 1. The number of hydrogen-bond donors (Lipinski definition) is 3. The maximum absolute atomic E-state index is 12.5. The van der Waals surface area contributed by atoms with E-state index < -0.39 is 46.9 Å². The molecule has 2 aliphatic heterocycles. The van der Waals surface area contributed by atoms with Gasteiger partial charge in [0.25, 0.3) is 5.69 Å². The Kier molecular flexibility index (Phi) is 6.94. The first kappa shape index (κ1) is 24.2. The van der Waals surface area contributed by atoms with Crippen molar-refractivity contribution in [1.29, 1.82) is 0 Å². The van der Waals surface area contributed by atoms with Crippen molar-refractivity contribution in [3.63, 3.8) is 0 Å². The predicted octanol–water partition coefficient (Wildman–Crippen LogP) is -2.89. The number of β-lactam (4-membered cyclic amide) rings is 1. The molecule has 164 valence electrons. The van der Waals surface area contributed by atoms with Crippen LogP contribution in [0.5, 0.6) is 0 Å². The first-order valence-corrected chi connectivity index (χ1v) is 9.99. The zero-order chi connectivity index (χ0) is 22.4. The Hall–Kier alpha value is -2.47. The number of carbonyl (C=O) groups excluding carboxylic acids is 3. The van der Waals surface area contributed by atoms with Crippen molar-refractivity contribution in [1.82, 2.24) is 10.2 Å². The summed E-state index contributed by atoms with van der Waals surface area (Å²) in [6.45, 7) is 1.50. The van der Waals surface area contributed by atoms with Gasteiger partial charge in [0.1, 0.15) is 0 Å². The molecule has 0 aromatic heterocycles. The van der Waals surface area contributed by atoms with Gasteiger partial charge >= 0.3 is 35.6 Å². The molecule has 0 radical (unpaired) electrons. The van der Waals surface area contributed by atoms with E-state index in [1.165, 1.54) is 36.1 Å². The number of hydrogen-bond acceptors (Lipinski definition) is 7. The summed E-state index contributed by atoms with van der Waals surface area (Å²) in [5.74, 6) is -2.93. The second-order valence-electron chi connectivity index (χ2n) is 8.05. The molecular formula is C20H21N4NaO7. The van der Waals surface area contributed by atoms with Gasteiger partial charge in [-0.3, -0.25) is 14.9 Å². The van der Waals surface area contributed by atoms with Crippen molar-refractivity contribution < 1.29 is 59.1 Å². The Morgan fingerprint density at radius 1 is 1.31 bits per heavy atom. The largest absolute Gasteiger partial charge is 1.00 e. The quantitative estimate of drug-likeness (QED) is 0.187. The molecule has 11 nitrogen and oxygen atoms in total. The topological polar surface area (TPSA) is 165 Å². The summed E-state index contributed by atoms with van der Waals surface area (Å²) >= 11 is 0. The molecule has 1 unspecified atom stereocenters. The minimum atomic E-state index is -1.49. The number of anilines is 1. The number of non-ortho nitro benzene ring substituents is 1. The molecule has 12 heteroatoms. The maximum Gasteiger partial charge on any atom is 1.00 e. The molecule has 2 fully saturated rings. The predicted molar refractivity (Wildman–Crippen MR) is 104 cm³/mol. The number of amides is 3. The zero-order valence-electron chi connectivity index (χ0n) is 17.6. The first-order chi connectivity index (χ1) is 14.7. The molecule has 1 saturated heterocycles. The smallest absolute Gasteiger partial charge is 0.543 e. The number of fused-ring (bicyclic) bond motifs is 3. The fourth-order valence-corrected chi connectivity index (χ4v) is 5.05. The minimum Gasteiger partial charge on any atom is -0.543 e. The summed E-state index contributed by atoms with van der Waals surface area (Å²) in [4.78, 5) is 48.4. The van der Waals surface area contributed by atoms with Gasteiger partial charge in [-0.25, -0.2) is 4.79 Å². The van der Waals surface area contributed by atoms with Crippen molar-refractivity contribution in [2.24, 2.45) is 11.8 Å².